The van der Waals surface area contributed by atoms with E-state index in [0.717, 1.165) is 10.5 Å². The van der Waals surface area contributed by atoms with E-state index in [-0.39, 0.29) is 29.5 Å². The molecular formula is C27H24N2O8. The van der Waals surface area contributed by atoms with E-state index < -0.39 is 23.9 Å². The van der Waals surface area contributed by atoms with Crippen molar-refractivity contribution in [2.45, 2.75) is 20.4 Å². The average molecular weight is 504 g/mol. The van der Waals surface area contributed by atoms with Gasteiger partial charge in [0, 0.05) is 0 Å². The second-order valence-corrected chi connectivity index (χ2v) is 8.03. The molecular weight excluding hydrogens is 480 g/mol. The number of nitrogens with one attached hydrogen (secondary N) is 1. The fourth-order valence-electron chi connectivity index (χ4n) is 3.53. The molecule has 0 radical (unpaired) electrons. The molecule has 1 saturated heterocycles. The monoisotopic (exact) mass is 504 g/mol. The summed E-state index contributed by atoms with van der Waals surface area (Å²) in [6, 6.07) is 14.0. The molecule has 1 N–H and O–H groups in total. The zero-order chi connectivity index (χ0) is 26.5. The zero-order valence-electron chi connectivity index (χ0n) is 20.4. The van der Waals surface area contributed by atoms with Crippen molar-refractivity contribution in [2.75, 3.05) is 13.7 Å². The Hall–Kier alpha value is -4.86. The third-order valence-electron chi connectivity index (χ3n) is 5.39. The van der Waals surface area contributed by atoms with Crippen molar-refractivity contribution in [3.05, 3.63) is 88.5 Å². The summed E-state index contributed by atoms with van der Waals surface area (Å²) in [7, 11) is 1.22. The van der Waals surface area contributed by atoms with E-state index in [0.29, 0.717) is 23.5 Å². The molecule has 0 aliphatic carbocycles. The number of imide groups is 1. The highest BCUT2D eigenvalue weighted by atomic mass is 16.6. The minimum absolute atomic E-state index is 0.0352. The first-order chi connectivity index (χ1) is 17.8. The Labute approximate surface area is 212 Å². The van der Waals surface area contributed by atoms with Gasteiger partial charge in [-0.3, -0.25) is 9.69 Å². The SMILES string of the molecule is CCOc1cc(/C=C2\NC(=O)N(Cc3ccc(C(=O)OC)o3)C2=O)ccc1OC(=O)c1ccc(C)cc1. The maximum atomic E-state index is 12.9. The maximum Gasteiger partial charge on any atom is 0.373 e. The number of furan rings is 1. The summed E-state index contributed by atoms with van der Waals surface area (Å²) >= 11 is 0. The number of carbonyl (C=O) groups is 4. The number of nitrogens with zero attached hydrogens (tertiary/aromatic N) is 1. The van der Waals surface area contributed by atoms with Gasteiger partial charge in [-0.15, -0.1) is 0 Å². The molecule has 0 unspecified atom stereocenters. The van der Waals surface area contributed by atoms with Gasteiger partial charge in [0.1, 0.15) is 11.5 Å². The number of hydrogen-bond acceptors (Lipinski definition) is 8. The number of ether oxygens (including phenoxy) is 3. The highest BCUT2D eigenvalue weighted by Gasteiger charge is 2.34. The van der Waals surface area contributed by atoms with Gasteiger partial charge in [0.2, 0.25) is 5.76 Å². The molecule has 1 aliphatic heterocycles. The number of amides is 3. The quantitative estimate of drug-likeness (QED) is 0.211. The molecule has 1 aromatic heterocycles. The Kier molecular flexibility index (Phi) is 7.38. The Bertz CT molecular complexity index is 1390. The van der Waals surface area contributed by atoms with Crippen LogP contribution in [0.5, 0.6) is 11.5 Å². The van der Waals surface area contributed by atoms with Crippen molar-refractivity contribution in [2.24, 2.45) is 0 Å². The van der Waals surface area contributed by atoms with Crippen LogP contribution in [-0.4, -0.2) is 42.5 Å². The summed E-state index contributed by atoms with van der Waals surface area (Å²) in [5.41, 5.74) is 1.99. The first-order valence-corrected chi connectivity index (χ1v) is 11.4. The number of rotatable bonds is 8. The Morgan fingerprint density at radius 1 is 1.00 bits per heavy atom. The summed E-state index contributed by atoms with van der Waals surface area (Å²) < 4.78 is 21.1. The van der Waals surface area contributed by atoms with Gasteiger partial charge in [-0.1, -0.05) is 23.8 Å². The Morgan fingerprint density at radius 3 is 2.46 bits per heavy atom. The van der Waals surface area contributed by atoms with Crippen molar-refractivity contribution in [3.8, 4) is 11.5 Å². The standard InChI is InChI=1S/C27H24N2O8/c1-4-35-23-14-17(7-11-21(23)37-25(31)18-8-5-16(2)6-9-18)13-20-24(30)29(27(33)28-20)15-19-10-12-22(36-19)26(32)34-3/h5-14H,4,15H2,1-3H3,(H,28,33)/b20-13-. The van der Waals surface area contributed by atoms with Gasteiger partial charge in [0.05, 0.1) is 25.8 Å². The molecule has 1 aliphatic rings. The number of urea groups is 1. The fourth-order valence-corrected chi connectivity index (χ4v) is 3.53. The molecule has 2 heterocycles. The molecule has 37 heavy (non-hydrogen) atoms. The second-order valence-electron chi connectivity index (χ2n) is 8.03. The number of benzene rings is 2. The second kappa shape index (κ2) is 10.8. The molecule has 2 aromatic carbocycles. The normalized spacial score (nSPS) is 14.0. The van der Waals surface area contributed by atoms with Crippen LogP contribution in [0.1, 0.15) is 44.7 Å². The Balaban J connectivity index is 1.51. The summed E-state index contributed by atoms with van der Waals surface area (Å²) in [5.74, 6) is -1.05. The maximum absolute atomic E-state index is 12.9. The largest absolute Gasteiger partial charge is 0.490 e. The van der Waals surface area contributed by atoms with E-state index in [1.165, 1.54) is 25.3 Å². The topological polar surface area (TPSA) is 124 Å². The van der Waals surface area contributed by atoms with Gasteiger partial charge in [-0.05, 0) is 61.9 Å². The van der Waals surface area contributed by atoms with Gasteiger partial charge in [0.25, 0.3) is 5.91 Å². The van der Waals surface area contributed by atoms with Crippen LogP contribution in [-0.2, 0) is 16.1 Å². The lowest BCUT2D eigenvalue weighted by Gasteiger charge is -2.12. The lowest BCUT2D eigenvalue weighted by atomic mass is 10.1. The van der Waals surface area contributed by atoms with Gasteiger partial charge in [0.15, 0.2) is 11.5 Å². The minimum atomic E-state index is -0.665. The van der Waals surface area contributed by atoms with E-state index in [9.17, 15) is 19.2 Å². The molecule has 0 bridgehead atoms. The highest BCUT2D eigenvalue weighted by molar-refractivity contribution is 6.13. The van der Waals surface area contributed by atoms with E-state index in [2.05, 4.69) is 10.1 Å². The summed E-state index contributed by atoms with van der Waals surface area (Å²) in [5, 5.41) is 2.53. The summed E-state index contributed by atoms with van der Waals surface area (Å²) in [6.45, 7) is 3.85. The van der Waals surface area contributed by atoms with Gasteiger partial charge in [-0.25, -0.2) is 14.4 Å². The van der Waals surface area contributed by atoms with Crippen LogP contribution < -0.4 is 14.8 Å². The first-order valence-electron chi connectivity index (χ1n) is 11.4. The van der Waals surface area contributed by atoms with Crippen LogP contribution >= 0.6 is 0 Å². The number of esters is 2. The zero-order valence-corrected chi connectivity index (χ0v) is 20.4. The predicted molar refractivity (Wildman–Crippen MR) is 131 cm³/mol. The van der Waals surface area contributed by atoms with Crippen LogP contribution in [0.25, 0.3) is 6.08 Å². The van der Waals surface area contributed by atoms with E-state index in [1.807, 2.05) is 19.1 Å². The van der Waals surface area contributed by atoms with Crippen molar-refractivity contribution >= 4 is 30.0 Å². The minimum Gasteiger partial charge on any atom is -0.490 e. The summed E-state index contributed by atoms with van der Waals surface area (Å²) in [6.07, 6.45) is 1.48. The van der Waals surface area contributed by atoms with Crippen LogP contribution in [0.15, 0.2) is 64.7 Å². The Morgan fingerprint density at radius 2 is 1.76 bits per heavy atom. The molecule has 0 saturated carbocycles. The van der Waals surface area contributed by atoms with Crippen LogP contribution in [0.3, 0.4) is 0 Å². The van der Waals surface area contributed by atoms with Crippen LogP contribution in [0, 0.1) is 6.92 Å². The average Bonchev–Trinajstić information content (AvgIpc) is 3.46. The van der Waals surface area contributed by atoms with Gasteiger partial charge >= 0.3 is 18.0 Å². The van der Waals surface area contributed by atoms with Crippen molar-refractivity contribution in [3.63, 3.8) is 0 Å². The van der Waals surface area contributed by atoms with Crippen LogP contribution in [0.4, 0.5) is 4.79 Å². The molecule has 10 nitrogen and oxygen atoms in total. The van der Waals surface area contributed by atoms with E-state index >= 15 is 0 Å². The molecule has 0 atom stereocenters. The number of carbonyl (C=O) groups excluding carboxylic acids is 4. The number of hydrogen-bond donors (Lipinski definition) is 1. The smallest absolute Gasteiger partial charge is 0.373 e. The highest BCUT2D eigenvalue weighted by Crippen LogP contribution is 2.30. The van der Waals surface area contributed by atoms with E-state index in [4.69, 9.17) is 13.9 Å². The molecule has 1 fully saturated rings. The lowest BCUT2D eigenvalue weighted by molar-refractivity contribution is -0.123. The van der Waals surface area contributed by atoms with Crippen molar-refractivity contribution in [1.82, 2.24) is 10.2 Å². The molecule has 0 spiro atoms. The van der Waals surface area contributed by atoms with Crippen molar-refractivity contribution < 1.29 is 37.8 Å². The molecule has 10 heteroatoms. The fraction of sp³-hybridized carbons (Fsp3) is 0.185. The lowest BCUT2D eigenvalue weighted by Crippen LogP contribution is -2.30. The summed E-state index contributed by atoms with van der Waals surface area (Å²) in [4.78, 5) is 50.4. The van der Waals surface area contributed by atoms with Crippen molar-refractivity contribution in [1.29, 1.82) is 0 Å². The first kappa shape index (κ1) is 25.2. The molecule has 3 aromatic rings. The van der Waals surface area contributed by atoms with Gasteiger partial charge in [-0.2, -0.15) is 0 Å². The van der Waals surface area contributed by atoms with E-state index in [1.54, 1.807) is 37.3 Å². The third-order valence-corrected chi connectivity index (χ3v) is 5.39. The third kappa shape index (κ3) is 5.69. The molecule has 190 valence electrons. The van der Waals surface area contributed by atoms with Crippen LogP contribution in [0.2, 0.25) is 0 Å². The molecule has 3 amide bonds. The number of aryl methyl sites for hydroxylation is 1. The molecule has 4 rings (SSSR count). The number of methoxy groups -OCH3 is 1. The predicted octanol–water partition coefficient (Wildman–Crippen LogP) is 4.09. The van der Waals surface area contributed by atoms with Gasteiger partial charge < -0.3 is 23.9 Å².